The number of hydrogen-bond acceptors (Lipinski definition) is 11. The Morgan fingerprint density at radius 3 is 2.17 bits per heavy atom. The molecule has 2 aliphatic heterocycles. The summed E-state index contributed by atoms with van der Waals surface area (Å²) in [6.07, 6.45) is 5.26. The van der Waals surface area contributed by atoms with Gasteiger partial charge in [-0.3, -0.25) is 4.52 Å². The standard InChI is InChI=1S/C40H47F2N8O8P/c1-4-37(28(3)57-38(5-2)58-59(52,53)54)50-39(51)49(27-45-50)33-9-7-31(8-10-33)46-16-18-47(19-17-46)32-11-13-34(14-12-32)55-22-29-21-40(56-23-29,24-48-26-43-25-44-48)35-15-6-30(41)20-36(35)42/h6-15,20,22,25-28,37-38H,4-5,16-19,21,23-24H2,1-3H3,(H2,52,53,54)/b29-22-/t28-,37-,38?,40?/m0/s1. The van der Waals surface area contributed by atoms with Crippen LogP contribution in [0.3, 0.4) is 0 Å². The van der Waals surface area contributed by atoms with Gasteiger partial charge in [-0.05, 0) is 79.9 Å². The van der Waals surface area contributed by atoms with Crippen LogP contribution in [-0.4, -0.2) is 84.1 Å². The summed E-state index contributed by atoms with van der Waals surface area (Å²) in [5.74, 6) is -0.718. The molecule has 0 bridgehead atoms. The minimum atomic E-state index is -4.75. The highest BCUT2D eigenvalue weighted by atomic mass is 31.2. The van der Waals surface area contributed by atoms with Crippen LogP contribution in [0.25, 0.3) is 5.69 Å². The van der Waals surface area contributed by atoms with Gasteiger partial charge in [0.15, 0.2) is 6.29 Å². The Bertz CT molecular complexity index is 2310. The third-order valence-corrected chi connectivity index (χ3v) is 11.1. The van der Waals surface area contributed by atoms with Crippen LogP contribution in [0.15, 0.2) is 102 Å². The number of halogens is 2. The lowest BCUT2D eigenvalue weighted by Crippen LogP contribution is -2.46. The van der Waals surface area contributed by atoms with Gasteiger partial charge in [-0.25, -0.2) is 37.1 Å². The van der Waals surface area contributed by atoms with E-state index in [1.807, 2.05) is 55.5 Å². The normalized spacial score (nSPS) is 19.6. The molecule has 7 rings (SSSR count). The van der Waals surface area contributed by atoms with Crippen molar-refractivity contribution in [3.8, 4) is 11.4 Å². The number of phosphoric ester groups is 1. The van der Waals surface area contributed by atoms with Gasteiger partial charge in [-0.2, -0.15) is 10.2 Å². The largest absolute Gasteiger partial charge is 0.471 e. The van der Waals surface area contributed by atoms with Crippen molar-refractivity contribution in [3.63, 3.8) is 0 Å². The zero-order valence-electron chi connectivity index (χ0n) is 32.9. The minimum Gasteiger partial charge on any atom is -0.465 e. The van der Waals surface area contributed by atoms with Gasteiger partial charge in [0.25, 0.3) is 0 Å². The zero-order valence-corrected chi connectivity index (χ0v) is 33.8. The first-order valence-electron chi connectivity index (χ1n) is 19.4. The van der Waals surface area contributed by atoms with E-state index in [0.717, 1.165) is 49.2 Å². The number of ether oxygens (including phenoxy) is 3. The van der Waals surface area contributed by atoms with Crippen molar-refractivity contribution in [1.82, 2.24) is 29.1 Å². The van der Waals surface area contributed by atoms with Crippen molar-refractivity contribution in [1.29, 1.82) is 0 Å². The third-order valence-electron chi connectivity index (χ3n) is 10.6. The van der Waals surface area contributed by atoms with E-state index in [0.29, 0.717) is 24.3 Å². The lowest BCUT2D eigenvalue weighted by Gasteiger charge is -2.37. The van der Waals surface area contributed by atoms with E-state index in [9.17, 15) is 27.9 Å². The topological polar surface area (TPSA) is 171 Å². The van der Waals surface area contributed by atoms with Gasteiger partial charge >= 0.3 is 13.5 Å². The summed E-state index contributed by atoms with van der Waals surface area (Å²) in [5, 5.41) is 8.51. The van der Waals surface area contributed by atoms with Gasteiger partial charge in [-0.15, -0.1) is 0 Å². The molecule has 0 saturated carbocycles. The first-order valence-corrected chi connectivity index (χ1v) is 20.9. The van der Waals surface area contributed by atoms with Crippen molar-refractivity contribution in [2.45, 2.75) is 70.6 Å². The summed E-state index contributed by atoms with van der Waals surface area (Å²) >= 11 is 0. The third kappa shape index (κ3) is 9.81. The fraction of sp³-hybridized carbons (Fsp3) is 0.400. The molecule has 2 N–H and O–H groups in total. The highest BCUT2D eigenvalue weighted by Gasteiger charge is 2.42. The predicted octanol–water partition coefficient (Wildman–Crippen LogP) is 5.71. The second-order valence-electron chi connectivity index (χ2n) is 14.5. The molecule has 0 radical (unpaired) electrons. The summed E-state index contributed by atoms with van der Waals surface area (Å²) in [6.45, 7) is 8.82. The molecular formula is C40H47F2N8O8P. The van der Waals surface area contributed by atoms with E-state index < -0.39 is 43.5 Å². The fourth-order valence-electron chi connectivity index (χ4n) is 7.61. The lowest BCUT2D eigenvalue weighted by atomic mass is 9.89. The van der Waals surface area contributed by atoms with Crippen molar-refractivity contribution >= 4 is 19.2 Å². The van der Waals surface area contributed by atoms with E-state index in [1.165, 1.54) is 40.4 Å². The van der Waals surface area contributed by atoms with E-state index >= 15 is 0 Å². The average Bonchev–Trinajstić information content (AvgIpc) is 3.98. The number of rotatable bonds is 16. The molecule has 2 aliphatic rings. The molecule has 4 heterocycles. The first kappa shape index (κ1) is 41.9. The maximum atomic E-state index is 15.0. The summed E-state index contributed by atoms with van der Waals surface area (Å²) < 4.78 is 67.1. The molecular weight excluding hydrogens is 789 g/mol. The second-order valence-corrected chi connectivity index (χ2v) is 15.7. The van der Waals surface area contributed by atoms with Gasteiger partial charge < -0.3 is 33.8 Å². The molecule has 2 unspecified atom stereocenters. The summed E-state index contributed by atoms with van der Waals surface area (Å²) in [6, 6.07) is 18.5. The van der Waals surface area contributed by atoms with Crippen LogP contribution in [0.5, 0.6) is 5.75 Å². The smallest absolute Gasteiger partial charge is 0.465 e. The summed E-state index contributed by atoms with van der Waals surface area (Å²) in [4.78, 5) is 40.5. The number of hydrogen-bond donors (Lipinski definition) is 2. The van der Waals surface area contributed by atoms with Crippen molar-refractivity contribution in [2.24, 2.45) is 0 Å². The molecule has 19 heteroatoms. The Morgan fingerprint density at radius 1 is 0.915 bits per heavy atom. The zero-order chi connectivity index (χ0) is 41.7. The van der Waals surface area contributed by atoms with Crippen LogP contribution >= 0.6 is 7.82 Å². The number of piperazine rings is 1. The average molecular weight is 837 g/mol. The molecule has 4 atom stereocenters. The number of anilines is 2. The number of aromatic nitrogens is 6. The monoisotopic (exact) mass is 836 g/mol. The Hall–Kier alpha value is -5.23. The molecule has 314 valence electrons. The second kappa shape index (κ2) is 17.9. The predicted molar refractivity (Wildman–Crippen MR) is 213 cm³/mol. The Labute approximate surface area is 339 Å². The molecule has 2 saturated heterocycles. The highest BCUT2D eigenvalue weighted by molar-refractivity contribution is 7.46. The van der Waals surface area contributed by atoms with Crippen LogP contribution in [0, 0.1) is 11.6 Å². The number of phosphoric acid groups is 1. The molecule has 0 spiro atoms. The van der Waals surface area contributed by atoms with Crippen LogP contribution in [0.4, 0.5) is 20.2 Å². The molecule has 5 aromatic rings. The van der Waals surface area contributed by atoms with Gasteiger partial charge in [0, 0.05) is 55.6 Å². The minimum absolute atomic E-state index is 0.191. The van der Waals surface area contributed by atoms with Crippen LogP contribution < -0.4 is 20.2 Å². The molecule has 59 heavy (non-hydrogen) atoms. The Balaban J connectivity index is 0.929. The molecule has 0 aliphatic carbocycles. The number of benzene rings is 3. The van der Waals surface area contributed by atoms with Gasteiger partial charge in [-0.1, -0.05) is 19.9 Å². The summed E-state index contributed by atoms with van der Waals surface area (Å²) in [5.41, 5.74) is 2.31. The van der Waals surface area contributed by atoms with E-state index in [2.05, 4.69) is 25.0 Å². The van der Waals surface area contributed by atoms with Gasteiger partial charge in [0.2, 0.25) is 0 Å². The molecule has 16 nitrogen and oxygen atoms in total. The molecule has 2 fully saturated rings. The van der Waals surface area contributed by atoms with Crippen LogP contribution in [-0.2, 0) is 30.7 Å². The van der Waals surface area contributed by atoms with Gasteiger partial charge in [0.1, 0.15) is 42.0 Å². The summed E-state index contributed by atoms with van der Waals surface area (Å²) in [7, 11) is -4.75. The maximum Gasteiger partial charge on any atom is 0.471 e. The quantitative estimate of drug-likeness (QED) is 0.0705. The Morgan fingerprint density at radius 2 is 1.58 bits per heavy atom. The Kier molecular flexibility index (Phi) is 12.7. The molecule has 2 aromatic heterocycles. The molecule has 0 amide bonds. The SMILES string of the molecule is CCC(O[C@@H](C)[C@H](CC)n1ncn(-c2ccc(N3CCN(c4ccc(O/C=C5\COC(Cn6cncn6)(c6ccc(F)cc6F)C5)cc4)CC3)cc2)c1=O)OP(=O)(O)O. The first-order chi connectivity index (χ1) is 28.3. The van der Waals surface area contributed by atoms with Crippen LogP contribution in [0.2, 0.25) is 0 Å². The lowest BCUT2D eigenvalue weighted by molar-refractivity contribution is -0.138. The maximum absolute atomic E-state index is 15.0. The highest BCUT2D eigenvalue weighted by Crippen LogP contribution is 2.42. The fourth-order valence-corrected chi connectivity index (χ4v) is 8.11. The van der Waals surface area contributed by atoms with Crippen molar-refractivity contribution < 1.29 is 41.9 Å². The number of nitrogens with zero attached hydrogens (tertiary/aromatic N) is 8. The van der Waals surface area contributed by atoms with E-state index in [4.69, 9.17) is 18.7 Å². The molecule has 3 aromatic carbocycles. The van der Waals surface area contributed by atoms with E-state index in [-0.39, 0.29) is 30.8 Å². The van der Waals surface area contributed by atoms with E-state index in [1.54, 1.807) is 24.8 Å². The van der Waals surface area contributed by atoms with Crippen LogP contribution in [0.1, 0.15) is 51.6 Å². The van der Waals surface area contributed by atoms with Crippen molar-refractivity contribution in [2.75, 3.05) is 42.6 Å². The van der Waals surface area contributed by atoms with Crippen molar-refractivity contribution in [3.05, 3.63) is 125 Å². The van der Waals surface area contributed by atoms with Gasteiger partial charge in [0.05, 0.1) is 37.2 Å².